The maximum absolute atomic E-state index is 11.1. The number of hydrogen-bond acceptors (Lipinski definition) is 3. The van der Waals surface area contributed by atoms with Crippen LogP contribution >= 0.6 is 11.8 Å². The maximum atomic E-state index is 11.1. The second-order valence-electron chi connectivity index (χ2n) is 4.62. The minimum Gasteiger partial charge on any atom is -0.478 e. The molecule has 2 rings (SSSR count). The zero-order chi connectivity index (χ0) is 15.4. The van der Waals surface area contributed by atoms with Crippen LogP contribution in [0.2, 0.25) is 0 Å². The summed E-state index contributed by atoms with van der Waals surface area (Å²) in [4.78, 5) is 22.9. The van der Waals surface area contributed by atoms with Crippen molar-refractivity contribution in [1.82, 2.24) is 0 Å². The van der Waals surface area contributed by atoms with Gasteiger partial charge in [-0.1, -0.05) is 6.07 Å². The molecule has 0 unspecified atom stereocenters. The molecule has 0 saturated carbocycles. The molecule has 4 nitrogen and oxygen atoms in total. The Morgan fingerprint density at radius 1 is 1.10 bits per heavy atom. The summed E-state index contributed by atoms with van der Waals surface area (Å²) in [5, 5.41) is 8.85. The molecule has 2 aromatic rings. The molecular formula is C16H15NO3S. The molecule has 0 aromatic heterocycles. The highest BCUT2D eigenvalue weighted by molar-refractivity contribution is 7.98. The van der Waals surface area contributed by atoms with Crippen molar-refractivity contribution in [3.8, 4) is 0 Å². The summed E-state index contributed by atoms with van der Waals surface area (Å²) >= 11 is 1.61. The average molecular weight is 301 g/mol. The number of aryl methyl sites for hydroxylation is 1. The van der Waals surface area contributed by atoms with Crippen molar-refractivity contribution in [1.29, 1.82) is 0 Å². The molecule has 108 valence electrons. The van der Waals surface area contributed by atoms with Crippen LogP contribution in [0.5, 0.6) is 0 Å². The molecule has 1 amide bonds. The van der Waals surface area contributed by atoms with Gasteiger partial charge < -0.3 is 10.8 Å². The number of carbonyl (C=O) groups excluding carboxylic acids is 1. The third-order valence-electron chi connectivity index (χ3n) is 3.12. The minimum atomic E-state index is -0.926. The fraction of sp³-hybridized carbons (Fsp3) is 0.125. The van der Waals surface area contributed by atoms with E-state index in [0.29, 0.717) is 5.56 Å². The first-order valence-corrected chi connectivity index (χ1v) is 7.31. The summed E-state index contributed by atoms with van der Waals surface area (Å²) in [7, 11) is 0. The number of carboxylic acid groups (broad SMARTS) is 1. The van der Waals surface area contributed by atoms with Crippen molar-refractivity contribution in [2.24, 2.45) is 5.73 Å². The van der Waals surface area contributed by atoms with E-state index in [9.17, 15) is 9.59 Å². The van der Waals surface area contributed by atoms with Crippen molar-refractivity contribution < 1.29 is 14.7 Å². The van der Waals surface area contributed by atoms with Crippen LogP contribution in [0.4, 0.5) is 0 Å². The van der Waals surface area contributed by atoms with Gasteiger partial charge in [0.2, 0.25) is 5.91 Å². The summed E-state index contributed by atoms with van der Waals surface area (Å²) in [6.45, 7) is 1.94. The molecular weight excluding hydrogens is 286 g/mol. The standard InChI is InChI=1S/C16H15NO3S/c1-10-8-12(15(17)18)2-3-13(10)9-21-14-6-4-11(5-7-14)16(19)20/h2-8H,9H2,1H3,(H2,17,18)(H,19,20). The first-order chi connectivity index (χ1) is 9.97. The van der Waals surface area contributed by atoms with Crippen molar-refractivity contribution in [3.63, 3.8) is 0 Å². The molecule has 0 aliphatic heterocycles. The van der Waals surface area contributed by atoms with E-state index in [-0.39, 0.29) is 5.56 Å². The van der Waals surface area contributed by atoms with Crippen LogP contribution in [0.3, 0.4) is 0 Å². The number of amides is 1. The third-order valence-corrected chi connectivity index (χ3v) is 4.18. The Bertz CT molecular complexity index is 680. The third kappa shape index (κ3) is 3.86. The fourth-order valence-corrected chi connectivity index (χ4v) is 2.84. The Morgan fingerprint density at radius 3 is 2.24 bits per heavy atom. The van der Waals surface area contributed by atoms with Crippen LogP contribution in [0, 0.1) is 6.92 Å². The lowest BCUT2D eigenvalue weighted by Crippen LogP contribution is -2.11. The second-order valence-corrected chi connectivity index (χ2v) is 5.67. The van der Waals surface area contributed by atoms with Gasteiger partial charge in [-0.25, -0.2) is 4.79 Å². The van der Waals surface area contributed by atoms with E-state index in [1.165, 1.54) is 0 Å². The van der Waals surface area contributed by atoms with Gasteiger partial charge in [-0.15, -0.1) is 11.8 Å². The number of benzene rings is 2. The summed E-state index contributed by atoms with van der Waals surface area (Å²) in [6.07, 6.45) is 0. The van der Waals surface area contributed by atoms with Crippen LogP contribution < -0.4 is 5.73 Å². The summed E-state index contributed by atoms with van der Waals surface area (Å²) in [5.41, 5.74) is 8.16. The van der Waals surface area contributed by atoms with Gasteiger partial charge in [0.1, 0.15) is 0 Å². The quantitative estimate of drug-likeness (QED) is 0.832. The molecule has 0 saturated heterocycles. The van der Waals surface area contributed by atoms with E-state index in [2.05, 4.69) is 0 Å². The van der Waals surface area contributed by atoms with Gasteiger partial charge in [-0.2, -0.15) is 0 Å². The van der Waals surface area contributed by atoms with Crippen LogP contribution in [-0.4, -0.2) is 17.0 Å². The van der Waals surface area contributed by atoms with E-state index in [4.69, 9.17) is 10.8 Å². The molecule has 0 aliphatic carbocycles. The Labute approximate surface area is 127 Å². The molecule has 0 fully saturated rings. The number of carboxylic acids is 1. The molecule has 0 bridgehead atoms. The zero-order valence-electron chi connectivity index (χ0n) is 11.5. The highest BCUT2D eigenvalue weighted by Crippen LogP contribution is 2.25. The van der Waals surface area contributed by atoms with Crippen molar-refractivity contribution in [3.05, 3.63) is 64.7 Å². The van der Waals surface area contributed by atoms with E-state index >= 15 is 0 Å². The molecule has 0 spiro atoms. The minimum absolute atomic E-state index is 0.279. The number of aromatic carboxylic acids is 1. The number of hydrogen-bond donors (Lipinski definition) is 2. The van der Waals surface area contributed by atoms with Crippen LogP contribution in [0.15, 0.2) is 47.4 Å². The fourth-order valence-electron chi connectivity index (χ4n) is 1.87. The summed E-state index contributed by atoms with van der Waals surface area (Å²) in [6, 6.07) is 12.2. The van der Waals surface area contributed by atoms with Crippen LogP contribution in [-0.2, 0) is 5.75 Å². The molecule has 3 N–H and O–H groups in total. The van der Waals surface area contributed by atoms with Gasteiger partial charge in [0, 0.05) is 16.2 Å². The highest BCUT2D eigenvalue weighted by Gasteiger charge is 2.06. The Morgan fingerprint density at radius 2 is 1.71 bits per heavy atom. The maximum Gasteiger partial charge on any atom is 0.335 e. The Kier molecular flexibility index (Phi) is 4.65. The van der Waals surface area contributed by atoms with Gasteiger partial charge in [0.05, 0.1) is 5.56 Å². The lowest BCUT2D eigenvalue weighted by atomic mass is 10.1. The Hall–Kier alpha value is -2.27. The lowest BCUT2D eigenvalue weighted by molar-refractivity contribution is 0.0696. The lowest BCUT2D eigenvalue weighted by Gasteiger charge is -2.07. The van der Waals surface area contributed by atoms with E-state index in [1.807, 2.05) is 13.0 Å². The molecule has 2 aromatic carbocycles. The number of rotatable bonds is 5. The summed E-state index contributed by atoms with van der Waals surface area (Å²) < 4.78 is 0. The molecule has 0 aliphatic rings. The van der Waals surface area contributed by atoms with Gasteiger partial charge in [-0.05, 0) is 54.4 Å². The smallest absolute Gasteiger partial charge is 0.335 e. The normalized spacial score (nSPS) is 10.3. The van der Waals surface area contributed by atoms with E-state index < -0.39 is 11.9 Å². The predicted octanol–water partition coefficient (Wildman–Crippen LogP) is 3.08. The zero-order valence-corrected chi connectivity index (χ0v) is 12.3. The second kappa shape index (κ2) is 6.45. The first-order valence-electron chi connectivity index (χ1n) is 6.33. The number of primary amides is 1. The molecule has 0 heterocycles. The number of nitrogens with two attached hydrogens (primary N) is 1. The van der Waals surface area contributed by atoms with Crippen LogP contribution in [0.25, 0.3) is 0 Å². The molecule has 21 heavy (non-hydrogen) atoms. The van der Waals surface area contributed by atoms with Crippen molar-refractivity contribution >= 4 is 23.6 Å². The average Bonchev–Trinajstić information content (AvgIpc) is 2.46. The van der Waals surface area contributed by atoms with Crippen molar-refractivity contribution in [2.75, 3.05) is 0 Å². The van der Waals surface area contributed by atoms with E-state index in [0.717, 1.165) is 21.8 Å². The predicted molar refractivity (Wildman–Crippen MR) is 82.7 cm³/mol. The monoisotopic (exact) mass is 301 g/mol. The van der Waals surface area contributed by atoms with Gasteiger partial charge >= 0.3 is 5.97 Å². The van der Waals surface area contributed by atoms with E-state index in [1.54, 1.807) is 48.2 Å². The van der Waals surface area contributed by atoms with Gasteiger partial charge in [-0.3, -0.25) is 4.79 Å². The first kappa shape index (κ1) is 15.1. The van der Waals surface area contributed by atoms with Gasteiger partial charge in [0.25, 0.3) is 0 Å². The largest absolute Gasteiger partial charge is 0.478 e. The number of carbonyl (C=O) groups is 2. The number of thioether (sulfide) groups is 1. The summed E-state index contributed by atoms with van der Waals surface area (Å²) in [5.74, 6) is -0.608. The Balaban J connectivity index is 2.06. The van der Waals surface area contributed by atoms with Gasteiger partial charge in [0.15, 0.2) is 0 Å². The molecule has 0 atom stereocenters. The van der Waals surface area contributed by atoms with Crippen molar-refractivity contribution in [2.45, 2.75) is 17.6 Å². The molecule has 0 radical (unpaired) electrons. The highest BCUT2D eigenvalue weighted by atomic mass is 32.2. The SMILES string of the molecule is Cc1cc(C(N)=O)ccc1CSc1ccc(C(=O)O)cc1. The molecule has 5 heteroatoms. The van der Waals surface area contributed by atoms with Crippen LogP contribution in [0.1, 0.15) is 31.8 Å². The topological polar surface area (TPSA) is 80.4 Å².